The smallest absolute Gasteiger partial charge is 0.150 e. The van der Waals surface area contributed by atoms with Gasteiger partial charge in [0.25, 0.3) is 0 Å². The number of carbonyl (C=O) groups excluding carboxylic acids is 1. The van der Waals surface area contributed by atoms with Gasteiger partial charge in [-0.15, -0.1) is 0 Å². The Kier molecular flexibility index (Phi) is 3.46. The summed E-state index contributed by atoms with van der Waals surface area (Å²) in [4.78, 5) is 15.3. The lowest BCUT2D eigenvalue weighted by atomic mass is 10.1. The number of hydrogen-bond donors (Lipinski definition) is 1. The van der Waals surface area contributed by atoms with Crippen molar-refractivity contribution in [3.63, 3.8) is 0 Å². The summed E-state index contributed by atoms with van der Waals surface area (Å²) in [6.07, 6.45) is 1.73. The minimum absolute atomic E-state index is 0.650. The van der Waals surface area contributed by atoms with E-state index >= 15 is 0 Å². The van der Waals surface area contributed by atoms with Crippen molar-refractivity contribution in [3.05, 3.63) is 29.3 Å². The third kappa shape index (κ3) is 2.29. The van der Waals surface area contributed by atoms with Gasteiger partial charge < -0.3 is 0 Å². The average Bonchev–Trinajstić information content (AvgIpc) is 2.18. The van der Waals surface area contributed by atoms with E-state index in [0.29, 0.717) is 5.56 Å². The maximum Gasteiger partial charge on any atom is 0.150 e. The Morgan fingerprint density at radius 3 is 2.85 bits per heavy atom. The molecule has 0 aliphatic heterocycles. The Hall–Kier alpha value is -1.35. The second kappa shape index (κ2) is 4.62. The van der Waals surface area contributed by atoms with E-state index in [0.717, 1.165) is 24.0 Å². The minimum atomic E-state index is 0.650. The molecule has 70 valence electrons. The summed E-state index contributed by atoms with van der Waals surface area (Å²) in [6.45, 7) is 2.05. The third-order valence-corrected chi connectivity index (χ3v) is 1.86. The van der Waals surface area contributed by atoms with Crippen LogP contribution in [0.1, 0.15) is 22.8 Å². The topological polar surface area (TPSA) is 38.3 Å². The molecule has 3 heteroatoms. The van der Waals surface area contributed by atoms with Crippen molar-refractivity contribution >= 4 is 12.0 Å². The lowest BCUT2D eigenvalue weighted by molar-refractivity contribution is 0.112. The second-order valence-electron chi connectivity index (χ2n) is 2.69. The lowest BCUT2D eigenvalue weighted by Crippen LogP contribution is -2.00. The van der Waals surface area contributed by atoms with Gasteiger partial charge in [-0.3, -0.25) is 15.1 Å². The predicted molar refractivity (Wildman–Crippen MR) is 51.8 cm³/mol. The molecular weight excluding hydrogens is 166 g/mol. The molecule has 1 aromatic rings. The van der Waals surface area contributed by atoms with Crippen LogP contribution in [0.25, 0.3) is 0 Å². The highest BCUT2D eigenvalue weighted by molar-refractivity contribution is 5.77. The highest BCUT2D eigenvalue weighted by atomic mass is 16.6. The number of aldehydes is 1. The first kappa shape index (κ1) is 9.74. The van der Waals surface area contributed by atoms with Gasteiger partial charge >= 0.3 is 0 Å². The van der Waals surface area contributed by atoms with Gasteiger partial charge in [-0.2, -0.15) is 0 Å². The summed E-state index contributed by atoms with van der Waals surface area (Å²) < 4.78 is 0. The second-order valence-corrected chi connectivity index (χ2v) is 2.69. The van der Waals surface area contributed by atoms with Gasteiger partial charge in [-0.1, -0.05) is 19.1 Å². The molecule has 0 spiro atoms. The summed E-state index contributed by atoms with van der Waals surface area (Å²) in [5.74, 6) is 0. The third-order valence-electron chi connectivity index (χ3n) is 1.86. The molecule has 0 unspecified atom stereocenters. The van der Waals surface area contributed by atoms with Gasteiger partial charge in [0.1, 0.15) is 6.29 Å². The van der Waals surface area contributed by atoms with Crippen LogP contribution in [-0.2, 0) is 11.3 Å². The van der Waals surface area contributed by atoms with Crippen LogP contribution >= 0.6 is 0 Å². The van der Waals surface area contributed by atoms with Crippen molar-refractivity contribution < 1.29 is 9.63 Å². The van der Waals surface area contributed by atoms with Crippen LogP contribution in [0.3, 0.4) is 0 Å². The highest BCUT2D eigenvalue weighted by Gasteiger charge is 2.00. The van der Waals surface area contributed by atoms with Crippen molar-refractivity contribution in [2.75, 3.05) is 12.6 Å². The monoisotopic (exact) mass is 179 g/mol. The summed E-state index contributed by atoms with van der Waals surface area (Å²) in [5, 5.41) is 0. The standard InChI is InChI=1S/C10H13NO2/c1-3-9-5-4-8(7-12)6-10(9)11-13-2/h4-7,11H,3H2,1-2H3. The Balaban J connectivity index is 3.02. The largest absolute Gasteiger partial charge is 0.298 e. The van der Waals surface area contributed by atoms with Crippen molar-refractivity contribution in [1.82, 2.24) is 0 Å². The fourth-order valence-electron chi connectivity index (χ4n) is 1.18. The van der Waals surface area contributed by atoms with Crippen LogP contribution in [0.15, 0.2) is 18.2 Å². The molecule has 0 radical (unpaired) electrons. The number of aryl methyl sites for hydroxylation is 1. The molecule has 13 heavy (non-hydrogen) atoms. The zero-order valence-electron chi connectivity index (χ0n) is 7.83. The number of carbonyl (C=O) groups is 1. The van der Waals surface area contributed by atoms with Crippen molar-refractivity contribution in [1.29, 1.82) is 0 Å². The first-order valence-electron chi connectivity index (χ1n) is 4.19. The van der Waals surface area contributed by atoms with Gasteiger partial charge in [0.2, 0.25) is 0 Å². The van der Waals surface area contributed by atoms with Crippen molar-refractivity contribution in [2.45, 2.75) is 13.3 Å². The number of anilines is 1. The Morgan fingerprint density at radius 1 is 1.54 bits per heavy atom. The molecule has 1 rings (SSSR count). The van der Waals surface area contributed by atoms with Crippen LogP contribution in [-0.4, -0.2) is 13.4 Å². The quantitative estimate of drug-likeness (QED) is 0.567. The van der Waals surface area contributed by atoms with Gasteiger partial charge in [0, 0.05) is 5.56 Å². The SMILES string of the molecule is CCc1ccc(C=O)cc1NOC. The van der Waals surface area contributed by atoms with Crippen LogP contribution in [0.4, 0.5) is 5.69 Å². The van der Waals surface area contributed by atoms with E-state index in [1.807, 2.05) is 6.07 Å². The predicted octanol–water partition coefficient (Wildman–Crippen LogP) is 2.03. The van der Waals surface area contributed by atoms with Gasteiger partial charge in [0.05, 0.1) is 12.8 Å². The fraction of sp³-hybridized carbons (Fsp3) is 0.300. The van der Waals surface area contributed by atoms with Crippen molar-refractivity contribution in [2.24, 2.45) is 0 Å². The fourth-order valence-corrected chi connectivity index (χ4v) is 1.18. The molecule has 0 bridgehead atoms. The van der Waals surface area contributed by atoms with E-state index in [2.05, 4.69) is 12.4 Å². The normalized spacial score (nSPS) is 9.69. The van der Waals surface area contributed by atoms with Crippen LogP contribution in [0.5, 0.6) is 0 Å². The van der Waals surface area contributed by atoms with E-state index in [4.69, 9.17) is 4.84 Å². The van der Waals surface area contributed by atoms with E-state index in [9.17, 15) is 4.79 Å². The van der Waals surface area contributed by atoms with Gasteiger partial charge in [-0.25, -0.2) is 0 Å². The summed E-state index contributed by atoms with van der Waals surface area (Å²) >= 11 is 0. The molecule has 0 aromatic heterocycles. The molecule has 0 heterocycles. The summed E-state index contributed by atoms with van der Waals surface area (Å²) in [5.41, 5.74) is 5.38. The van der Waals surface area contributed by atoms with Crippen molar-refractivity contribution in [3.8, 4) is 0 Å². The maximum atomic E-state index is 10.5. The van der Waals surface area contributed by atoms with Crippen LogP contribution in [0, 0.1) is 0 Å². The molecule has 0 aliphatic carbocycles. The van der Waals surface area contributed by atoms with Gasteiger partial charge in [-0.05, 0) is 18.1 Å². The molecule has 3 nitrogen and oxygen atoms in total. The number of hydrogen-bond acceptors (Lipinski definition) is 3. The first-order valence-corrected chi connectivity index (χ1v) is 4.19. The number of rotatable bonds is 4. The van der Waals surface area contributed by atoms with Crippen LogP contribution < -0.4 is 5.48 Å². The first-order chi connectivity index (χ1) is 6.31. The Morgan fingerprint density at radius 2 is 2.31 bits per heavy atom. The molecule has 0 saturated carbocycles. The average molecular weight is 179 g/mol. The zero-order chi connectivity index (χ0) is 9.68. The Bertz CT molecular complexity index is 297. The molecule has 0 aliphatic rings. The molecule has 0 saturated heterocycles. The highest BCUT2D eigenvalue weighted by Crippen LogP contribution is 2.17. The number of nitrogens with one attached hydrogen (secondary N) is 1. The summed E-state index contributed by atoms with van der Waals surface area (Å²) in [6, 6.07) is 5.49. The summed E-state index contributed by atoms with van der Waals surface area (Å²) in [7, 11) is 1.55. The van der Waals surface area contributed by atoms with E-state index in [1.54, 1.807) is 19.2 Å². The minimum Gasteiger partial charge on any atom is -0.298 e. The molecule has 0 atom stereocenters. The molecule has 1 N–H and O–H groups in total. The zero-order valence-corrected chi connectivity index (χ0v) is 7.83. The molecule has 0 fully saturated rings. The molecular formula is C10H13NO2. The van der Waals surface area contributed by atoms with E-state index in [1.165, 1.54) is 0 Å². The molecule has 0 amide bonds. The molecule has 1 aromatic carbocycles. The van der Waals surface area contributed by atoms with E-state index in [-0.39, 0.29) is 0 Å². The maximum absolute atomic E-state index is 10.5. The van der Waals surface area contributed by atoms with E-state index < -0.39 is 0 Å². The van der Waals surface area contributed by atoms with Gasteiger partial charge in [0.15, 0.2) is 0 Å². The van der Waals surface area contributed by atoms with Crippen LogP contribution in [0.2, 0.25) is 0 Å². The lowest BCUT2D eigenvalue weighted by Gasteiger charge is -2.08. The number of benzene rings is 1. The Labute approximate surface area is 77.7 Å².